The van der Waals surface area contributed by atoms with Crippen LogP contribution in [0.5, 0.6) is 5.75 Å². The zero-order valence-corrected chi connectivity index (χ0v) is 20.8. The molecule has 37 heavy (non-hydrogen) atoms. The first-order valence-electron chi connectivity index (χ1n) is 12.6. The van der Waals surface area contributed by atoms with E-state index in [-0.39, 0.29) is 12.8 Å². The number of para-hydroxylation sites is 1. The molecule has 0 unspecified atom stereocenters. The number of fused-ring (bicyclic) bond motifs is 5. The van der Waals surface area contributed by atoms with Crippen molar-refractivity contribution in [2.75, 3.05) is 4.90 Å². The van der Waals surface area contributed by atoms with Gasteiger partial charge in [0.05, 0.1) is 5.69 Å². The third kappa shape index (κ3) is 2.66. The Morgan fingerprint density at radius 3 is 2.41 bits per heavy atom. The molecular formula is C32H22BNO3. The minimum absolute atomic E-state index is 0.0529. The highest BCUT2D eigenvalue weighted by Crippen LogP contribution is 2.44. The van der Waals surface area contributed by atoms with Crippen molar-refractivity contribution in [2.24, 2.45) is 0 Å². The molecule has 0 atom stereocenters. The van der Waals surface area contributed by atoms with Gasteiger partial charge in [0.1, 0.15) is 16.9 Å². The van der Waals surface area contributed by atoms with Gasteiger partial charge < -0.3 is 9.15 Å². The standard InChI is InChI=1S/C32H22BNO3/c1-17-13-18(2)30(19(3)14-17)33-23-12-11-20-7-6-10-27-29(20)31(23)34(32(35)37-27)25-15-22-21-8-4-5-9-26(21)36-28(22)16-24(25)33/h4-16H,1-3H3. The van der Waals surface area contributed by atoms with Crippen molar-refractivity contribution >= 4 is 73.3 Å². The second-order valence-corrected chi connectivity index (χ2v) is 10.3. The highest BCUT2D eigenvalue weighted by Gasteiger charge is 2.43. The van der Waals surface area contributed by atoms with Gasteiger partial charge in [-0.05, 0) is 61.3 Å². The lowest BCUT2D eigenvalue weighted by atomic mass is 9.33. The van der Waals surface area contributed by atoms with Gasteiger partial charge >= 0.3 is 6.09 Å². The summed E-state index contributed by atoms with van der Waals surface area (Å²) < 4.78 is 12.2. The Morgan fingerprint density at radius 1 is 0.757 bits per heavy atom. The van der Waals surface area contributed by atoms with Gasteiger partial charge in [0.2, 0.25) is 6.71 Å². The number of ether oxygens (including phenoxy) is 1. The predicted octanol–water partition coefficient (Wildman–Crippen LogP) is 6.14. The summed E-state index contributed by atoms with van der Waals surface area (Å²) in [5, 5.41) is 4.07. The van der Waals surface area contributed by atoms with Crippen molar-refractivity contribution in [3.63, 3.8) is 0 Å². The zero-order chi connectivity index (χ0) is 25.0. The van der Waals surface area contributed by atoms with Crippen LogP contribution in [0.4, 0.5) is 16.2 Å². The van der Waals surface area contributed by atoms with E-state index in [0.29, 0.717) is 5.75 Å². The highest BCUT2D eigenvalue weighted by atomic mass is 16.6. The minimum Gasteiger partial charge on any atom is -0.456 e. The van der Waals surface area contributed by atoms with Gasteiger partial charge in [0.15, 0.2) is 0 Å². The summed E-state index contributed by atoms with van der Waals surface area (Å²) in [7, 11) is 0. The van der Waals surface area contributed by atoms with E-state index >= 15 is 0 Å². The van der Waals surface area contributed by atoms with Crippen LogP contribution in [0.25, 0.3) is 32.7 Å². The molecule has 0 aliphatic carbocycles. The molecule has 0 spiro atoms. The summed E-state index contributed by atoms with van der Waals surface area (Å²) in [6.45, 7) is 6.46. The quantitative estimate of drug-likeness (QED) is 0.266. The molecule has 176 valence electrons. The van der Waals surface area contributed by atoms with Crippen LogP contribution in [0.1, 0.15) is 16.7 Å². The van der Waals surface area contributed by atoms with E-state index < -0.39 is 0 Å². The van der Waals surface area contributed by atoms with E-state index in [1.54, 1.807) is 4.90 Å². The number of carbonyl (C=O) groups is 1. The Morgan fingerprint density at radius 2 is 1.57 bits per heavy atom. The SMILES string of the molecule is Cc1cc(C)c(B2c3cc4oc5ccccc5c4cc3N3C(=O)Oc4cccc5ccc2c3c45)c(C)c1. The molecule has 0 N–H and O–H groups in total. The average Bonchev–Trinajstić information content (AvgIpc) is 3.24. The molecule has 0 saturated heterocycles. The maximum atomic E-state index is 13.6. The zero-order valence-electron chi connectivity index (χ0n) is 20.8. The van der Waals surface area contributed by atoms with Crippen LogP contribution in [-0.4, -0.2) is 12.8 Å². The molecule has 5 heteroatoms. The maximum absolute atomic E-state index is 13.6. The second-order valence-electron chi connectivity index (χ2n) is 10.3. The molecule has 0 fully saturated rings. The van der Waals surface area contributed by atoms with Gasteiger partial charge in [-0.15, -0.1) is 0 Å². The van der Waals surface area contributed by atoms with Crippen molar-refractivity contribution < 1.29 is 13.9 Å². The fraction of sp³-hybridized carbons (Fsp3) is 0.0938. The molecule has 2 aliphatic rings. The molecule has 6 aromatic rings. The lowest BCUT2D eigenvalue weighted by molar-refractivity contribution is 0.210. The minimum atomic E-state index is -0.378. The first kappa shape index (κ1) is 20.7. The topological polar surface area (TPSA) is 42.7 Å². The molecule has 3 heterocycles. The van der Waals surface area contributed by atoms with Crippen LogP contribution in [0.3, 0.4) is 0 Å². The third-order valence-corrected chi connectivity index (χ3v) is 8.03. The van der Waals surface area contributed by atoms with Crippen LogP contribution in [0, 0.1) is 20.8 Å². The summed E-state index contributed by atoms with van der Waals surface area (Å²) >= 11 is 0. The number of rotatable bonds is 1. The Labute approximate surface area is 214 Å². The first-order chi connectivity index (χ1) is 18.0. The molecular weight excluding hydrogens is 457 g/mol. The molecule has 1 amide bonds. The maximum Gasteiger partial charge on any atom is 0.424 e. The molecule has 0 radical (unpaired) electrons. The molecule has 5 aromatic carbocycles. The molecule has 8 rings (SSSR count). The Kier molecular flexibility index (Phi) is 3.93. The van der Waals surface area contributed by atoms with Crippen molar-refractivity contribution in [3.8, 4) is 5.75 Å². The summed E-state index contributed by atoms with van der Waals surface area (Å²) in [6.07, 6.45) is -0.378. The average molecular weight is 479 g/mol. The van der Waals surface area contributed by atoms with Crippen LogP contribution >= 0.6 is 0 Å². The highest BCUT2D eigenvalue weighted by molar-refractivity contribution is 6.99. The largest absolute Gasteiger partial charge is 0.456 e. The van der Waals surface area contributed by atoms with Crippen LogP contribution in [0.2, 0.25) is 0 Å². The van der Waals surface area contributed by atoms with Crippen LogP contribution < -0.4 is 26.0 Å². The number of aryl methyl sites for hydroxylation is 3. The Balaban J connectivity index is 1.55. The molecule has 0 bridgehead atoms. The van der Waals surface area contributed by atoms with E-state index in [4.69, 9.17) is 9.15 Å². The van der Waals surface area contributed by atoms with E-state index in [9.17, 15) is 4.79 Å². The fourth-order valence-corrected chi connectivity index (χ4v) is 6.68. The van der Waals surface area contributed by atoms with E-state index in [0.717, 1.165) is 55.0 Å². The summed E-state index contributed by atoms with van der Waals surface area (Å²) in [5.74, 6) is 0.616. The van der Waals surface area contributed by atoms with Gasteiger partial charge in [-0.2, -0.15) is 0 Å². The number of furan rings is 1. The second kappa shape index (κ2) is 7.04. The fourth-order valence-electron chi connectivity index (χ4n) is 6.68. The lowest BCUT2D eigenvalue weighted by Crippen LogP contribution is -2.60. The van der Waals surface area contributed by atoms with E-state index in [1.807, 2.05) is 30.3 Å². The Bertz CT molecular complexity index is 1960. The van der Waals surface area contributed by atoms with Crippen molar-refractivity contribution in [1.29, 1.82) is 0 Å². The Hall–Kier alpha value is -4.51. The number of benzene rings is 5. The first-order valence-corrected chi connectivity index (χ1v) is 12.6. The number of carbonyl (C=O) groups excluding carboxylic acids is 1. The summed E-state index contributed by atoms with van der Waals surface area (Å²) in [6, 6.07) is 27.0. The number of hydrogen-bond acceptors (Lipinski definition) is 3. The van der Waals surface area contributed by atoms with Gasteiger partial charge in [-0.3, -0.25) is 0 Å². The van der Waals surface area contributed by atoms with Gasteiger partial charge in [-0.25, -0.2) is 9.69 Å². The molecule has 4 nitrogen and oxygen atoms in total. The van der Waals surface area contributed by atoms with Crippen molar-refractivity contribution in [1.82, 2.24) is 0 Å². The van der Waals surface area contributed by atoms with Gasteiger partial charge in [0, 0.05) is 21.8 Å². The van der Waals surface area contributed by atoms with Gasteiger partial charge in [0.25, 0.3) is 0 Å². The number of nitrogens with zero attached hydrogens (tertiary/aromatic N) is 1. The smallest absolute Gasteiger partial charge is 0.424 e. The number of anilines is 2. The van der Waals surface area contributed by atoms with Crippen LogP contribution in [-0.2, 0) is 0 Å². The normalized spacial score (nSPS) is 14.0. The lowest BCUT2D eigenvalue weighted by Gasteiger charge is -2.38. The summed E-state index contributed by atoms with van der Waals surface area (Å²) in [4.78, 5) is 15.4. The van der Waals surface area contributed by atoms with Crippen LogP contribution in [0.15, 0.2) is 83.3 Å². The molecule has 1 aromatic heterocycles. The van der Waals surface area contributed by atoms with E-state index in [2.05, 4.69) is 69.3 Å². The van der Waals surface area contributed by atoms with Crippen molar-refractivity contribution in [3.05, 3.63) is 95.6 Å². The third-order valence-electron chi connectivity index (χ3n) is 8.03. The van der Waals surface area contributed by atoms with Crippen molar-refractivity contribution in [2.45, 2.75) is 20.8 Å². The molecule has 0 saturated carbocycles. The monoisotopic (exact) mass is 479 g/mol. The van der Waals surface area contributed by atoms with E-state index in [1.165, 1.54) is 22.2 Å². The molecule has 2 aliphatic heterocycles. The summed E-state index contributed by atoms with van der Waals surface area (Å²) in [5.41, 5.74) is 10.6. The van der Waals surface area contributed by atoms with Gasteiger partial charge in [-0.1, -0.05) is 76.8 Å². The number of hydrogen-bond donors (Lipinski definition) is 0. The number of amides is 1. The predicted molar refractivity (Wildman–Crippen MR) is 151 cm³/mol.